The van der Waals surface area contributed by atoms with Crippen molar-refractivity contribution in [1.29, 1.82) is 0 Å². The first-order valence-electron chi connectivity index (χ1n) is 6.19. The number of ether oxygens (including phenoxy) is 1. The molecule has 2 aromatic rings. The van der Waals surface area contributed by atoms with Crippen LogP contribution in [0.15, 0.2) is 18.2 Å². The van der Waals surface area contributed by atoms with E-state index in [1.54, 1.807) is 7.11 Å². The molecule has 1 aromatic heterocycles. The van der Waals surface area contributed by atoms with E-state index in [-0.39, 0.29) is 19.0 Å². The lowest BCUT2D eigenvalue weighted by atomic mass is 10.1. The minimum atomic E-state index is -0.0920. The molecule has 6 nitrogen and oxygen atoms in total. The number of nitrogen functional groups attached to an aromatic ring is 1. The van der Waals surface area contributed by atoms with E-state index >= 15 is 0 Å². The Morgan fingerprint density at radius 2 is 2.25 bits per heavy atom. The van der Waals surface area contributed by atoms with Gasteiger partial charge in [0.15, 0.2) is 6.29 Å². The van der Waals surface area contributed by atoms with Gasteiger partial charge in [0, 0.05) is 5.56 Å². The standard InChI is InChI=1S/C14H17N3O3/c1-9-7-10(3-4-12(9)20-2)13-11(8-19)14(15)17(16-13)5-6-18/h3-4,7-8,18H,5-6,15H2,1-2H3. The normalized spacial score (nSPS) is 10.6. The Kier molecular flexibility index (Phi) is 4.05. The van der Waals surface area contributed by atoms with Gasteiger partial charge in [-0.2, -0.15) is 5.10 Å². The maximum absolute atomic E-state index is 11.2. The van der Waals surface area contributed by atoms with Crippen molar-refractivity contribution in [2.75, 3.05) is 19.5 Å². The summed E-state index contributed by atoms with van der Waals surface area (Å²) in [6.45, 7) is 2.07. The molecule has 20 heavy (non-hydrogen) atoms. The molecular formula is C14H17N3O3. The van der Waals surface area contributed by atoms with Crippen molar-refractivity contribution in [1.82, 2.24) is 9.78 Å². The van der Waals surface area contributed by atoms with E-state index in [9.17, 15) is 4.79 Å². The number of hydrogen-bond acceptors (Lipinski definition) is 5. The highest BCUT2D eigenvalue weighted by Gasteiger charge is 2.17. The fourth-order valence-corrected chi connectivity index (χ4v) is 2.11. The van der Waals surface area contributed by atoms with Gasteiger partial charge in [-0.05, 0) is 30.7 Å². The molecule has 0 aliphatic heterocycles. The summed E-state index contributed by atoms with van der Waals surface area (Å²) in [7, 11) is 1.60. The zero-order valence-electron chi connectivity index (χ0n) is 11.5. The first-order valence-corrected chi connectivity index (χ1v) is 6.19. The maximum Gasteiger partial charge on any atom is 0.156 e. The monoisotopic (exact) mass is 275 g/mol. The largest absolute Gasteiger partial charge is 0.496 e. The third-order valence-electron chi connectivity index (χ3n) is 3.13. The van der Waals surface area contributed by atoms with Crippen LogP contribution in [-0.2, 0) is 6.54 Å². The average molecular weight is 275 g/mol. The van der Waals surface area contributed by atoms with Crippen LogP contribution in [0.25, 0.3) is 11.3 Å². The summed E-state index contributed by atoms with van der Waals surface area (Å²) in [5, 5.41) is 13.3. The number of aldehydes is 1. The Labute approximate surface area is 116 Å². The number of aryl methyl sites for hydroxylation is 1. The molecule has 106 valence electrons. The van der Waals surface area contributed by atoms with Crippen molar-refractivity contribution in [3.63, 3.8) is 0 Å². The quantitative estimate of drug-likeness (QED) is 0.801. The van der Waals surface area contributed by atoms with Crippen LogP contribution in [0.2, 0.25) is 0 Å². The summed E-state index contributed by atoms with van der Waals surface area (Å²) in [6, 6.07) is 5.53. The van der Waals surface area contributed by atoms with Crippen molar-refractivity contribution >= 4 is 12.1 Å². The number of aromatic nitrogens is 2. The topological polar surface area (TPSA) is 90.4 Å². The molecule has 0 saturated heterocycles. The van der Waals surface area contributed by atoms with E-state index in [0.29, 0.717) is 17.5 Å². The van der Waals surface area contributed by atoms with Crippen LogP contribution in [0.3, 0.4) is 0 Å². The first kappa shape index (κ1) is 14.1. The molecule has 2 rings (SSSR count). The highest BCUT2D eigenvalue weighted by Crippen LogP contribution is 2.29. The second kappa shape index (κ2) is 5.75. The van der Waals surface area contributed by atoms with E-state index in [1.807, 2.05) is 25.1 Å². The Morgan fingerprint density at radius 1 is 1.50 bits per heavy atom. The van der Waals surface area contributed by atoms with E-state index < -0.39 is 0 Å². The van der Waals surface area contributed by atoms with Crippen molar-refractivity contribution in [3.05, 3.63) is 29.3 Å². The zero-order valence-corrected chi connectivity index (χ0v) is 11.5. The van der Waals surface area contributed by atoms with Gasteiger partial charge in [0.25, 0.3) is 0 Å². The molecule has 6 heteroatoms. The number of nitrogens with two attached hydrogens (primary N) is 1. The number of methoxy groups -OCH3 is 1. The van der Waals surface area contributed by atoms with Crippen LogP contribution >= 0.6 is 0 Å². The molecule has 0 amide bonds. The van der Waals surface area contributed by atoms with Gasteiger partial charge in [-0.15, -0.1) is 0 Å². The second-order valence-electron chi connectivity index (χ2n) is 4.40. The lowest BCUT2D eigenvalue weighted by Crippen LogP contribution is -2.08. The van der Waals surface area contributed by atoms with Crippen molar-refractivity contribution in [2.24, 2.45) is 0 Å². The Bertz CT molecular complexity index is 635. The molecule has 1 heterocycles. The lowest BCUT2D eigenvalue weighted by molar-refractivity contribution is 0.112. The number of rotatable bonds is 5. The Balaban J connectivity index is 2.54. The molecule has 0 radical (unpaired) electrons. The number of aliphatic hydroxyl groups is 1. The third-order valence-corrected chi connectivity index (χ3v) is 3.13. The third kappa shape index (κ3) is 2.37. The van der Waals surface area contributed by atoms with E-state index in [4.69, 9.17) is 15.6 Å². The van der Waals surface area contributed by atoms with Crippen LogP contribution in [-0.4, -0.2) is 34.9 Å². The van der Waals surface area contributed by atoms with Gasteiger partial charge in [0.2, 0.25) is 0 Å². The lowest BCUT2D eigenvalue weighted by Gasteiger charge is -2.06. The summed E-state index contributed by atoms with van der Waals surface area (Å²) in [5.41, 5.74) is 8.44. The van der Waals surface area contributed by atoms with Gasteiger partial charge in [-0.1, -0.05) is 0 Å². The van der Waals surface area contributed by atoms with E-state index in [0.717, 1.165) is 16.9 Å². The van der Waals surface area contributed by atoms with Crippen LogP contribution in [0.5, 0.6) is 5.75 Å². The number of aliphatic hydroxyl groups excluding tert-OH is 1. The van der Waals surface area contributed by atoms with Gasteiger partial charge < -0.3 is 15.6 Å². The van der Waals surface area contributed by atoms with Crippen molar-refractivity contribution < 1.29 is 14.6 Å². The zero-order chi connectivity index (χ0) is 14.7. The van der Waals surface area contributed by atoms with Gasteiger partial charge >= 0.3 is 0 Å². The summed E-state index contributed by atoms with van der Waals surface area (Å²) >= 11 is 0. The van der Waals surface area contributed by atoms with Crippen LogP contribution in [0.1, 0.15) is 15.9 Å². The number of anilines is 1. The predicted octanol–water partition coefficient (Wildman–Crippen LogP) is 1.25. The number of benzene rings is 1. The molecule has 0 spiro atoms. The van der Waals surface area contributed by atoms with Crippen molar-refractivity contribution in [3.8, 4) is 17.0 Å². The fraction of sp³-hybridized carbons (Fsp3) is 0.286. The molecule has 0 aliphatic rings. The van der Waals surface area contributed by atoms with Gasteiger partial charge in [-0.25, -0.2) is 4.68 Å². The number of nitrogens with zero attached hydrogens (tertiary/aromatic N) is 2. The summed E-state index contributed by atoms with van der Waals surface area (Å²) in [4.78, 5) is 11.2. The highest BCUT2D eigenvalue weighted by atomic mass is 16.5. The number of hydrogen-bond donors (Lipinski definition) is 2. The molecular weight excluding hydrogens is 258 g/mol. The Morgan fingerprint density at radius 3 is 2.80 bits per heavy atom. The first-order chi connectivity index (χ1) is 9.62. The van der Waals surface area contributed by atoms with Crippen molar-refractivity contribution in [2.45, 2.75) is 13.5 Å². The fourth-order valence-electron chi connectivity index (χ4n) is 2.11. The van der Waals surface area contributed by atoms with Gasteiger partial charge in [0.05, 0.1) is 25.8 Å². The number of carbonyl (C=O) groups is 1. The summed E-state index contributed by atoms with van der Waals surface area (Å²) < 4.78 is 6.64. The molecule has 0 saturated carbocycles. The minimum Gasteiger partial charge on any atom is -0.496 e. The van der Waals surface area contributed by atoms with E-state index in [2.05, 4.69) is 5.10 Å². The predicted molar refractivity (Wildman–Crippen MR) is 75.8 cm³/mol. The highest BCUT2D eigenvalue weighted by molar-refractivity contribution is 5.91. The molecule has 0 aliphatic carbocycles. The van der Waals surface area contributed by atoms with Crippen LogP contribution in [0.4, 0.5) is 5.82 Å². The van der Waals surface area contributed by atoms with Crippen LogP contribution in [0, 0.1) is 6.92 Å². The SMILES string of the molecule is COc1ccc(-c2nn(CCO)c(N)c2C=O)cc1C. The smallest absolute Gasteiger partial charge is 0.156 e. The molecule has 0 unspecified atom stereocenters. The van der Waals surface area contributed by atoms with Gasteiger partial charge in [0.1, 0.15) is 17.3 Å². The molecule has 0 bridgehead atoms. The van der Waals surface area contributed by atoms with E-state index in [1.165, 1.54) is 4.68 Å². The minimum absolute atomic E-state index is 0.0920. The maximum atomic E-state index is 11.2. The summed E-state index contributed by atoms with van der Waals surface area (Å²) in [6.07, 6.45) is 0.686. The molecule has 1 aromatic carbocycles. The van der Waals surface area contributed by atoms with Gasteiger partial charge in [-0.3, -0.25) is 4.79 Å². The summed E-state index contributed by atoms with van der Waals surface area (Å²) in [5.74, 6) is 1.03. The molecule has 0 atom stereocenters. The molecule has 0 fully saturated rings. The van der Waals surface area contributed by atoms with Crippen LogP contribution < -0.4 is 10.5 Å². The second-order valence-corrected chi connectivity index (χ2v) is 4.40. The average Bonchev–Trinajstić information content (AvgIpc) is 2.76. The number of carbonyl (C=O) groups excluding carboxylic acids is 1. The molecule has 3 N–H and O–H groups in total. The Hall–Kier alpha value is -2.34.